The van der Waals surface area contributed by atoms with E-state index in [0.717, 1.165) is 117 Å². The third kappa shape index (κ3) is 17.2. The van der Waals surface area contributed by atoms with Gasteiger partial charge in [0.15, 0.2) is 0 Å². The molecule has 0 saturated carbocycles. The summed E-state index contributed by atoms with van der Waals surface area (Å²) in [5.74, 6) is 3.84. The topological polar surface area (TPSA) is 336 Å². The number of carboxylic acid groups (broad SMARTS) is 1. The number of aliphatic carboxylic acids is 1. The number of nitrogens with zero attached hydrogens (tertiary/aromatic N) is 8. The van der Waals surface area contributed by atoms with Crippen molar-refractivity contribution in [3.05, 3.63) is 218 Å². The molecule has 6 aliphatic heterocycles. The minimum atomic E-state index is -1.54. The average molecular weight is 1440 g/mol. The Balaban J connectivity index is 0.000000149. The molecule has 0 unspecified atom stereocenters. The SMILES string of the molecule is C=CC(=O)N1CCC([C@@H]2CCNc3c(C(N)=O)c(-c4ccc(Oc5ccccc5)cc4)nn32)CC1.NC(=O)c1c(-c2ccc(Oc3ccccc3)cc2)nn2c1NCC[C@H]2C1CCNCC1.[2H]C([2H])=C([2H])C(=O)N1CCC([C@@H]2CCNc3c(C(N)=O)c(-c4ccc(Oc5ccccc5)cc4)nn32)CC1.[2H]C([2H])=C([2H])C(=O)O. The van der Waals surface area contributed by atoms with Crippen LogP contribution < -0.4 is 52.7 Å². The van der Waals surface area contributed by atoms with Gasteiger partial charge in [0.2, 0.25) is 11.8 Å². The number of nitrogens with one attached hydrogen (secondary N) is 4. The molecule has 3 fully saturated rings. The van der Waals surface area contributed by atoms with Gasteiger partial charge in [0.25, 0.3) is 17.7 Å². The van der Waals surface area contributed by atoms with Gasteiger partial charge in [0.1, 0.15) is 85.7 Å². The third-order valence-corrected chi connectivity index (χ3v) is 20.0. The van der Waals surface area contributed by atoms with Crippen molar-refractivity contribution in [2.75, 3.05) is 74.9 Å². The van der Waals surface area contributed by atoms with Gasteiger partial charge in [0, 0.05) is 68.6 Å². The predicted molar refractivity (Wildman–Crippen MR) is 407 cm³/mol. The van der Waals surface area contributed by atoms with Gasteiger partial charge in [-0.2, -0.15) is 15.3 Å². The summed E-state index contributed by atoms with van der Waals surface area (Å²) in [6.07, 6.45) is 9.49. The largest absolute Gasteiger partial charge is 0.478 e. The van der Waals surface area contributed by atoms with Gasteiger partial charge >= 0.3 is 5.97 Å². The van der Waals surface area contributed by atoms with Crippen molar-refractivity contribution in [3.8, 4) is 68.3 Å². The lowest BCUT2D eigenvalue weighted by atomic mass is 9.87. The summed E-state index contributed by atoms with van der Waals surface area (Å²) in [5, 5.41) is 36.0. The number of hydrogen-bond donors (Lipinski definition) is 8. The van der Waals surface area contributed by atoms with Crippen molar-refractivity contribution < 1.29 is 56.3 Å². The Kier molecular flexibility index (Phi) is 21.3. The summed E-state index contributed by atoms with van der Waals surface area (Å²) in [4.78, 5) is 74.9. The lowest BCUT2D eigenvalue weighted by Gasteiger charge is -2.38. The number of amides is 5. The summed E-state index contributed by atoms with van der Waals surface area (Å²) in [5.41, 5.74) is 22.8. The first kappa shape index (κ1) is 65.8. The summed E-state index contributed by atoms with van der Waals surface area (Å²) in [6, 6.07) is 50.1. The predicted octanol–water partition coefficient (Wildman–Crippen LogP) is 12.5. The molecule has 6 aliphatic rings. The monoisotopic (exact) mass is 1440 g/mol. The Morgan fingerprint density at radius 3 is 1.01 bits per heavy atom. The molecule has 0 bridgehead atoms. The smallest absolute Gasteiger partial charge is 0.327 e. The fraction of sp³-hybridized carbons (Fsp3) is 0.296. The van der Waals surface area contributed by atoms with Gasteiger partial charge in [-0.1, -0.05) is 74.2 Å². The molecule has 6 aromatic carbocycles. The van der Waals surface area contributed by atoms with E-state index >= 15 is 0 Å². The normalized spacial score (nSPS) is 18.3. The van der Waals surface area contributed by atoms with E-state index in [4.69, 9.17) is 60.0 Å². The number of fused-ring (bicyclic) bond motifs is 3. The van der Waals surface area contributed by atoms with Crippen LogP contribution in [-0.4, -0.2) is 139 Å². The maximum absolute atomic E-state index is 12.6. The summed E-state index contributed by atoms with van der Waals surface area (Å²) in [6.45, 7) is 8.43. The summed E-state index contributed by atoms with van der Waals surface area (Å²) < 4.78 is 64.6. The zero-order valence-corrected chi connectivity index (χ0v) is 58.5. The molecule has 9 heterocycles. The number of carboxylic acids is 1. The molecule has 3 atom stereocenters. The van der Waals surface area contributed by atoms with Gasteiger partial charge in [-0.05, 0) is 210 Å². The lowest BCUT2D eigenvalue weighted by Crippen LogP contribution is -2.41. The Bertz CT molecular complexity index is 4900. The first-order valence-electron chi connectivity index (χ1n) is 38.6. The molecule has 106 heavy (non-hydrogen) atoms. The second-order valence-corrected chi connectivity index (χ2v) is 26.4. The van der Waals surface area contributed by atoms with Crippen LogP contribution in [0.4, 0.5) is 17.5 Å². The molecule has 9 aromatic rings. The van der Waals surface area contributed by atoms with Crippen LogP contribution in [0.25, 0.3) is 33.8 Å². The van der Waals surface area contributed by atoms with Crippen LogP contribution in [0, 0.1) is 17.8 Å². The number of likely N-dealkylation sites (tertiary alicyclic amines) is 2. The standard InChI is InChI=1S/2C27H29N5O3.C24H27N5O2.C3H4O2/c2*1-2-23(33)31-16-13-18(14-17-31)22-12-15-29-27-24(26(28)34)25(30-32(22)27)19-8-10-21(11-9-19)35-20-6-4-3-5-7-20;25-23(30)21-22(17-6-8-19(9-7-17)31-18-4-2-1-3-5-18)28-29-20(12-15-27-24(21)29)16-10-13-26-14-11-16;1-2-3(4)5/h2*2-11,18,22,29H,1,12-17H2,(H2,28,34);1-9,16,20,26-27H,10-15H2,(H2,25,30);2H,1H2,(H,4,5)/t2*22-;20-;/m000./s1/i1D2,2D;;;1D2,2D. The van der Waals surface area contributed by atoms with Crippen molar-refractivity contribution in [1.29, 1.82) is 0 Å². The van der Waals surface area contributed by atoms with Gasteiger partial charge in [-0.15, -0.1) is 0 Å². The van der Waals surface area contributed by atoms with E-state index in [-0.39, 0.29) is 30.0 Å². The number of carbonyl (C=O) groups excluding carboxylic acids is 5. The molecule has 15 rings (SSSR count). The highest BCUT2D eigenvalue weighted by Crippen LogP contribution is 2.44. The van der Waals surface area contributed by atoms with Crippen LogP contribution in [0.3, 0.4) is 0 Å². The highest BCUT2D eigenvalue weighted by Gasteiger charge is 2.39. The van der Waals surface area contributed by atoms with Crippen LogP contribution in [0.5, 0.6) is 34.5 Å². The van der Waals surface area contributed by atoms with Crippen molar-refractivity contribution in [2.45, 2.75) is 75.9 Å². The molecule has 0 radical (unpaired) electrons. The van der Waals surface area contributed by atoms with E-state index in [1.54, 1.807) is 0 Å². The molecule has 5 amide bonds. The molecule has 3 saturated heterocycles. The number of piperidine rings is 3. The van der Waals surface area contributed by atoms with Crippen LogP contribution in [0.15, 0.2) is 202 Å². The van der Waals surface area contributed by atoms with E-state index in [1.807, 2.05) is 183 Å². The highest BCUT2D eigenvalue weighted by molar-refractivity contribution is 6.05. The van der Waals surface area contributed by atoms with Crippen LogP contribution in [0.2, 0.25) is 0 Å². The average Bonchev–Trinajstić information content (AvgIpc) is 1.64. The lowest BCUT2D eigenvalue weighted by molar-refractivity contribution is -0.131. The Morgan fingerprint density at radius 2 is 0.726 bits per heavy atom. The number of carbonyl (C=O) groups is 6. The second-order valence-electron chi connectivity index (χ2n) is 26.4. The van der Waals surface area contributed by atoms with E-state index < -0.39 is 54.8 Å². The van der Waals surface area contributed by atoms with Crippen molar-refractivity contribution in [3.63, 3.8) is 0 Å². The summed E-state index contributed by atoms with van der Waals surface area (Å²) in [7, 11) is 0. The Morgan fingerprint density at radius 1 is 0.425 bits per heavy atom. The molecule has 25 nitrogen and oxygen atoms in total. The van der Waals surface area contributed by atoms with Crippen LogP contribution in [0.1, 0.15) is 115 Å². The fourth-order valence-electron chi connectivity index (χ4n) is 14.9. The number of hydrogen-bond acceptors (Lipinski definition) is 16. The molecule has 25 heteroatoms. The fourth-order valence-corrected chi connectivity index (χ4v) is 14.9. The molecule has 0 spiro atoms. The molecular formula is C81H89N15O10. The molecule has 3 aromatic heterocycles. The minimum absolute atomic E-state index is 0.0185. The Labute approximate surface area is 623 Å². The number of primary amides is 3. The minimum Gasteiger partial charge on any atom is -0.478 e. The molecular weight excluding hydrogens is 1340 g/mol. The number of ether oxygens (including phenoxy) is 3. The highest BCUT2D eigenvalue weighted by atomic mass is 16.5. The number of benzene rings is 6. The van der Waals surface area contributed by atoms with E-state index in [2.05, 4.69) is 27.8 Å². The number of anilines is 3. The quantitative estimate of drug-likeness (QED) is 0.0370. The first-order chi connectivity index (χ1) is 54.1. The second kappa shape index (κ2) is 34.4. The van der Waals surface area contributed by atoms with Gasteiger partial charge in [-0.25, -0.2) is 18.8 Å². The zero-order valence-electron chi connectivity index (χ0n) is 64.5. The van der Waals surface area contributed by atoms with E-state index in [0.29, 0.717) is 114 Å². The number of aromatic nitrogens is 6. The van der Waals surface area contributed by atoms with Crippen LogP contribution >= 0.6 is 0 Å². The zero-order chi connectivity index (χ0) is 79.1. The molecule has 548 valence electrons. The van der Waals surface area contributed by atoms with Gasteiger partial charge in [-0.3, -0.25) is 24.0 Å². The third-order valence-electron chi connectivity index (χ3n) is 20.0. The Hall–Kier alpha value is -12.3. The van der Waals surface area contributed by atoms with Gasteiger partial charge in [0.05, 0.1) is 26.4 Å². The van der Waals surface area contributed by atoms with Crippen molar-refractivity contribution in [2.24, 2.45) is 35.0 Å². The maximum Gasteiger partial charge on any atom is 0.327 e. The maximum atomic E-state index is 12.6. The van der Waals surface area contributed by atoms with Crippen molar-refractivity contribution >= 4 is 53.0 Å². The number of nitrogens with two attached hydrogens (primary N) is 3. The van der Waals surface area contributed by atoms with Crippen LogP contribution in [-0.2, 0) is 14.4 Å². The number of rotatable bonds is 18. The van der Waals surface area contributed by atoms with E-state index in [9.17, 15) is 28.8 Å². The number of para-hydroxylation sites is 3. The van der Waals surface area contributed by atoms with Gasteiger partial charge < -0.3 is 67.6 Å². The molecule has 0 aliphatic carbocycles. The summed E-state index contributed by atoms with van der Waals surface area (Å²) >= 11 is 0. The van der Waals surface area contributed by atoms with Crippen molar-refractivity contribution in [1.82, 2.24) is 44.5 Å². The first-order valence-corrected chi connectivity index (χ1v) is 35.6. The van der Waals surface area contributed by atoms with E-state index in [1.165, 1.54) is 11.0 Å². The molecule has 11 N–H and O–H groups in total.